The first-order valence-corrected chi connectivity index (χ1v) is 8.79. The van der Waals surface area contributed by atoms with Crippen LogP contribution in [0, 0.1) is 17.4 Å². The van der Waals surface area contributed by atoms with Crippen LogP contribution in [0.4, 0.5) is 0 Å². The number of carbonyl (C=O) groups is 2. The maximum absolute atomic E-state index is 12.4. The maximum Gasteiger partial charge on any atom is 0.257 e. The first-order chi connectivity index (χ1) is 11.1. The zero-order valence-electron chi connectivity index (χ0n) is 14.0. The van der Waals surface area contributed by atoms with Crippen LogP contribution in [0.2, 0.25) is 0 Å². The first kappa shape index (κ1) is 17.5. The van der Waals surface area contributed by atoms with Crippen molar-refractivity contribution in [3.63, 3.8) is 0 Å². The number of likely N-dealkylation sites (N-methyl/N-ethyl adjacent to an activating group) is 1. The maximum atomic E-state index is 12.4. The first-order valence-electron chi connectivity index (χ1n) is 8.79. The highest BCUT2D eigenvalue weighted by Crippen LogP contribution is 2.28. The minimum absolute atomic E-state index is 0.134. The summed E-state index contributed by atoms with van der Waals surface area (Å²) in [6.07, 6.45) is 14.2. The Morgan fingerprint density at radius 3 is 2.65 bits per heavy atom. The minimum Gasteiger partial charge on any atom is -0.340 e. The van der Waals surface area contributed by atoms with Crippen LogP contribution in [0.3, 0.4) is 0 Å². The van der Waals surface area contributed by atoms with Gasteiger partial charge in [0.05, 0.1) is 0 Å². The number of amides is 2. The molecule has 0 aliphatic heterocycles. The molecule has 0 saturated heterocycles. The van der Waals surface area contributed by atoms with Crippen LogP contribution in [0.1, 0.15) is 64.2 Å². The highest BCUT2D eigenvalue weighted by atomic mass is 16.2. The number of allylic oxidation sites excluding steroid dienone is 1. The van der Waals surface area contributed by atoms with E-state index in [1.54, 1.807) is 0 Å². The monoisotopic (exact) mass is 317 g/mol. The highest BCUT2D eigenvalue weighted by molar-refractivity contribution is 5.97. The second kappa shape index (κ2) is 8.71. The van der Waals surface area contributed by atoms with E-state index in [-0.39, 0.29) is 11.8 Å². The number of rotatable bonds is 5. The van der Waals surface area contributed by atoms with Gasteiger partial charge in [0.15, 0.2) is 6.19 Å². The van der Waals surface area contributed by atoms with Gasteiger partial charge < -0.3 is 5.32 Å². The fourth-order valence-electron chi connectivity index (χ4n) is 3.56. The van der Waals surface area contributed by atoms with Crippen molar-refractivity contribution >= 4 is 11.8 Å². The number of nitrogens with zero attached hydrogens (tertiary/aromatic N) is 2. The van der Waals surface area contributed by atoms with Crippen molar-refractivity contribution < 1.29 is 9.59 Å². The lowest BCUT2D eigenvalue weighted by Gasteiger charge is -2.28. The summed E-state index contributed by atoms with van der Waals surface area (Å²) in [5, 5.41) is 11.9. The van der Waals surface area contributed by atoms with E-state index in [4.69, 9.17) is 5.26 Å². The summed E-state index contributed by atoms with van der Waals surface area (Å²) < 4.78 is 0. The van der Waals surface area contributed by atoms with E-state index in [2.05, 4.69) is 5.32 Å². The second-order valence-electron chi connectivity index (χ2n) is 6.74. The number of nitriles is 1. The molecule has 0 aromatic heterocycles. The van der Waals surface area contributed by atoms with Gasteiger partial charge in [0.25, 0.3) is 5.91 Å². The third-order valence-electron chi connectivity index (χ3n) is 4.96. The van der Waals surface area contributed by atoms with Crippen LogP contribution >= 0.6 is 0 Å². The molecule has 1 fully saturated rings. The molecule has 2 rings (SSSR count). The van der Waals surface area contributed by atoms with E-state index < -0.39 is 6.04 Å². The molecule has 0 unspecified atom stereocenters. The van der Waals surface area contributed by atoms with E-state index in [0.29, 0.717) is 12.3 Å². The Bertz CT molecular complexity index is 501. The lowest BCUT2D eigenvalue weighted by Crippen LogP contribution is -2.47. The highest BCUT2D eigenvalue weighted by Gasteiger charge is 2.29. The third-order valence-corrected chi connectivity index (χ3v) is 4.96. The van der Waals surface area contributed by atoms with Crippen LogP contribution in [0.25, 0.3) is 0 Å². The predicted molar refractivity (Wildman–Crippen MR) is 88.1 cm³/mol. The van der Waals surface area contributed by atoms with Crippen LogP contribution < -0.4 is 5.32 Å². The Balaban J connectivity index is 2.02. The second-order valence-corrected chi connectivity index (χ2v) is 6.74. The quantitative estimate of drug-likeness (QED) is 0.626. The minimum atomic E-state index is -0.585. The van der Waals surface area contributed by atoms with Gasteiger partial charge in [-0.2, -0.15) is 5.26 Å². The van der Waals surface area contributed by atoms with Crippen LogP contribution in [-0.4, -0.2) is 29.8 Å². The third kappa shape index (κ3) is 5.09. The van der Waals surface area contributed by atoms with Crippen molar-refractivity contribution in [2.75, 3.05) is 7.05 Å². The fraction of sp³-hybridized carbons (Fsp3) is 0.722. The normalized spacial score (nSPS) is 20.1. The van der Waals surface area contributed by atoms with E-state index in [1.807, 2.05) is 12.3 Å². The fourth-order valence-corrected chi connectivity index (χ4v) is 3.56. The van der Waals surface area contributed by atoms with Gasteiger partial charge in [0.2, 0.25) is 5.91 Å². The lowest BCUT2D eigenvalue weighted by atomic mass is 9.84. The molecule has 2 aliphatic rings. The molecule has 1 N–H and O–H groups in total. The predicted octanol–water partition coefficient (Wildman–Crippen LogP) is 2.88. The standard InChI is InChI=1S/C18H27N3O2/c1-21(13-19)18(23)16(12-14-8-4-2-5-9-14)20-17(22)15-10-6-3-7-11-15/h10,14,16H,2-9,11-12H2,1H3,(H,20,22)/t16-/m0/s1. The SMILES string of the molecule is CN(C#N)C(=O)[C@H](CC1CCCCC1)NC(=O)C1=CCCCC1. The average Bonchev–Trinajstić information content (AvgIpc) is 2.61. The number of carbonyl (C=O) groups excluding carboxylic acids is 2. The molecule has 0 spiro atoms. The molecule has 0 aromatic rings. The van der Waals surface area contributed by atoms with Crippen molar-refractivity contribution in [2.45, 2.75) is 70.3 Å². The van der Waals surface area contributed by atoms with Gasteiger partial charge in [-0.1, -0.05) is 38.2 Å². The van der Waals surface area contributed by atoms with Crippen molar-refractivity contribution in [1.82, 2.24) is 10.2 Å². The summed E-state index contributed by atoms with van der Waals surface area (Å²) in [5.41, 5.74) is 0.789. The molecule has 2 amide bonds. The summed E-state index contributed by atoms with van der Waals surface area (Å²) in [6.45, 7) is 0. The van der Waals surface area contributed by atoms with Gasteiger partial charge in [0.1, 0.15) is 6.04 Å². The summed E-state index contributed by atoms with van der Waals surface area (Å²) >= 11 is 0. The Kier molecular flexibility index (Phi) is 6.64. The summed E-state index contributed by atoms with van der Waals surface area (Å²) in [5.74, 6) is 0.0264. The van der Waals surface area contributed by atoms with Crippen LogP contribution in [0.5, 0.6) is 0 Å². The molecule has 0 heterocycles. The summed E-state index contributed by atoms with van der Waals surface area (Å²) in [7, 11) is 1.46. The molecule has 126 valence electrons. The smallest absolute Gasteiger partial charge is 0.257 e. The van der Waals surface area contributed by atoms with Gasteiger partial charge in [-0.15, -0.1) is 0 Å². The van der Waals surface area contributed by atoms with Gasteiger partial charge in [-0.3, -0.25) is 14.5 Å². The average molecular weight is 317 g/mol. The van der Waals surface area contributed by atoms with Crippen molar-refractivity contribution in [2.24, 2.45) is 5.92 Å². The van der Waals surface area contributed by atoms with Crippen molar-refractivity contribution in [3.05, 3.63) is 11.6 Å². The summed E-state index contributed by atoms with van der Waals surface area (Å²) in [6, 6.07) is -0.585. The van der Waals surface area contributed by atoms with Crippen LogP contribution in [-0.2, 0) is 9.59 Å². The Hall–Kier alpha value is -1.83. The van der Waals surface area contributed by atoms with Gasteiger partial charge >= 0.3 is 0 Å². The molecule has 2 aliphatic carbocycles. The Labute approximate surface area is 138 Å². The van der Waals surface area contributed by atoms with Gasteiger partial charge in [0, 0.05) is 12.6 Å². The zero-order valence-corrected chi connectivity index (χ0v) is 14.0. The Morgan fingerprint density at radius 1 is 1.30 bits per heavy atom. The van der Waals surface area contributed by atoms with E-state index in [0.717, 1.165) is 49.0 Å². The van der Waals surface area contributed by atoms with E-state index >= 15 is 0 Å². The molecular weight excluding hydrogens is 290 g/mol. The van der Waals surface area contributed by atoms with Crippen LogP contribution in [0.15, 0.2) is 11.6 Å². The molecule has 5 heteroatoms. The van der Waals surface area contributed by atoms with Gasteiger partial charge in [-0.05, 0) is 38.0 Å². The van der Waals surface area contributed by atoms with E-state index in [1.165, 1.54) is 26.3 Å². The molecule has 1 saturated carbocycles. The van der Waals surface area contributed by atoms with Crippen molar-refractivity contribution in [1.29, 1.82) is 5.26 Å². The van der Waals surface area contributed by atoms with E-state index in [9.17, 15) is 9.59 Å². The molecular formula is C18H27N3O2. The summed E-state index contributed by atoms with van der Waals surface area (Å²) in [4.78, 5) is 25.9. The Morgan fingerprint density at radius 2 is 2.04 bits per heavy atom. The van der Waals surface area contributed by atoms with Gasteiger partial charge in [-0.25, -0.2) is 0 Å². The zero-order chi connectivity index (χ0) is 16.7. The molecule has 0 aromatic carbocycles. The molecule has 1 atom stereocenters. The molecule has 23 heavy (non-hydrogen) atoms. The topological polar surface area (TPSA) is 73.2 Å². The lowest BCUT2D eigenvalue weighted by molar-refractivity contribution is -0.132. The molecule has 5 nitrogen and oxygen atoms in total. The molecule has 0 bridgehead atoms. The number of nitrogens with one attached hydrogen (secondary N) is 1. The number of hydrogen-bond acceptors (Lipinski definition) is 3. The van der Waals surface area contributed by atoms with Crippen molar-refractivity contribution in [3.8, 4) is 6.19 Å². The molecule has 0 radical (unpaired) electrons. The largest absolute Gasteiger partial charge is 0.340 e. The number of hydrogen-bond donors (Lipinski definition) is 1.